The number of rotatable bonds is 4. The first-order chi connectivity index (χ1) is 11.6. The summed E-state index contributed by atoms with van der Waals surface area (Å²) in [5.74, 6) is -0.510. The van der Waals surface area contributed by atoms with Crippen LogP contribution in [0.5, 0.6) is 0 Å². The number of halogens is 1. The van der Waals surface area contributed by atoms with Crippen LogP contribution >= 0.6 is 11.3 Å². The SMILES string of the molecule is Cc1c(C(=O)NCCC(=O)N2CCOCC2)sc2ccc(F)cc12. The van der Waals surface area contributed by atoms with Crippen molar-refractivity contribution in [3.63, 3.8) is 0 Å². The van der Waals surface area contributed by atoms with Crippen LogP contribution in [0.2, 0.25) is 0 Å². The number of hydrogen-bond acceptors (Lipinski definition) is 4. The van der Waals surface area contributed by atoms with Gasteiger partial charge >= 0.3 is 0 Å². The van der Waals surface area contributed by atoms with Crippen LogP contribution in [-0.2, 0) is 9.53 Å². The van der Waals surface area contributed by atoms with Crippen LogP contribution in [-0.4, -0.2) is 49.6 Å². The summed E-state index contributed by atoms with van der Waals surface area (Å²) in [7, 11) is 0. The second-order valence-electron chi connectivity index (χ2n) is 5.70. The lowest BCUT2D eigenvalue weighted by Crippen LogP contribution is -2.42. The highest BCUT2D eigenvalue weighted by atomic mass is 32.1. The van der Waals surface area contributed by atoms with E-state index >= 15 is 0 Å². The first-order valence-electron chi connectivity index (χ1n) is 7.88. The van der Waals surface area contributed by atoms with E-state index in [1.165, 1.54) is 23.5 Å². The van der Waals surface area contributed by atoms with Crippen molar-refractivity contribution < 1.29 is 18.7 Å². The Bertz CT molecular complexity index is 769. The number of fused-ring (bicyclic) bond motifs is 1. The molecule has 0 saturated carbocycles. The van der Waals surface area contributed by atoms with E-state index in [9.17, 15) is 14.0 Å². The van der Waals surface area contributed by atoms with Gasteiger partial charge in [-0.3, -0.25) is 9.59 Å². The molecule has 7 heteroatoms. The Hall–Kier alpha value is -1.99. The fourth-order valence-electron chi connectivity index (χ4n) is 2.74. The van der Waals surface area contributed by atoms with Gasteiger partial charge in [-0.15, -0.1) is 11.3 Å². The maximum atomic E-state index is 13.3. The van der Waals surface area contributed by atoms with Gasteiger partial charge in [-0.25, -0.2) is 4.39 Å². The Labute approximate surface area is 143 Å². The van der Waals surface area contributed by atoms with E-state index in [2.05, 4.69) is 5.32 Å². The van der Waals surface area contributed by atoms with Crippen molar-refractivity contribution in [2.24, 2.45) is 0 Å². The number of nitrogens with one attached hydrogen (secondary N) is 1. The molecular formula is C17H19FN2O3S. The lowest BCUT2D eigenvalue weighted by atomic mass is 10.1. The van der Waals surface area contributed by atoms with E-state index < -0.39 is 0 Å². The Morgan fingerprint density at radius 2 is 2.08 bits per heavy atom. The molecule has 5 nitrogen and oxygen atoms in total. The van der Waals surface area contributed by atoms with E-state index in [1.54, 1.807) is 11.0 Å². The van der Waals surface area contributed by atoms with Crippen LogP contribution in [0, 0.1) is 12.7 Å². The first kappa shape index (κ1) is 16.9. The van der Waals surface area contributed by atoms with Crippen molar-refractivity contribution in [2.75, 3.05) is 32.8 Å². The minimum Gasteiger partial charge on any atom is -0.378 e. The number of thiophene rings is 1. The highest BCUT2D eigenvalue weighted by molar-refractivity contribution is 7.21. The van der Waals surface area contributed by atoms with Crippen molar-refractivity contribution in [3.05, 3.63) is 34.5 Å². The minimum atomic E-state index is -0.313. The molecule has 0 aliphatic carbocycles. The zero-order valence-corrected chi connectivity index (χ0v) is 14.2. The summed E-state index contributed by atoms with van der Waals surface area (Å²) in [5, 5.41) is 3.54. The van der Waals surface area contributed by atoms with Crippen molar-refractivity contribution >= 4 is 33.2 Å². The molecule has 1 aromatic carbocycles. The standard InChI is InChI=1S/C17H19FN2O3S/c1-11-13-10-12(18)2-3-14(13)24-16(11)17(22)19-5-4-15(21)20-6-8-23-9-7-20/h2-3,10H,4-9H2,1H3,(H,19,22). The van der Waals surface area contributed by atoms with Crippen molar-refractivity contribution in [3.8, 4) is 0 Å². The molecule has 0 radical (unpaired) electrons. The number of nitrogens with zero attached hydrogens (tertiary/aromatic N) is 1. The predicted octanol–water partition coefficient (Wildman–Crippen LogP) is 2.33. The average Bonchev–Trinajstić information content (AvgIpc) is 2.92. The van der Waals surface area contributed by atoms with Crippen molar-refractivity contribution in [1.82, 2.24) is 10.2 Å². The summed E-state index contributed by atoms with van der Waals surface area (Å²) in [4.78, 5) is 26.7. The molecule has 1 N–H and O–H groups in total. The van der Waals surface area contributed by atoms with Crippen LogP contribution in [0.4, 0.5) is 4.39 Å². The zero-order chi connectivity index (χ0) is 17.1. The maximum absolute atomic E-state index is 13.3. The Morgan fingerprint density at radius 1 is 1.33 bits per heavy atom. The summed E-state index contributed by atoms with van der Waals surface area (Å²) in [6.45, 7) is 4.44. The molecule has 1 aliphatic heterocycles. The van der Waals surface area contributed by atoms with Gasteiger partial charge < -0.3 is 15.0 Å². The Balaban J connectivity index is 1.59. The second kappa shape index (κ2) is 7.27. The Kier molecular flexibility index (Phi) is 5.11. The molecule has 2 amide bonds. The third-order valence-corrected chi connectivity index (χ3v) is 5.36. The lowest BCUT2D eigenvalue weighted by Gasteiger charge is -2.26. The van der Waals surface area contributed by atoms with Crippen LogP contribution in [0.3, 0.4) is 0 Å². The third-order valence-electron chi connectivity index (χ3n) is 4.09. The molecule has 0 spiro atoms. The van der Waals surface area contributed by atoms with Gasteiger partial charge in [-0.2, -0.15) is 0 Å². The molecule has 3 rings (SSSR count). The molecule has 1 fully saturated rings. The maximum Gasteiger partial charge on any atom is 0.261 e. The number of morpholine rings is 1. The highest BCUT2D eigenvalue weighted by Crippen LogP contribution is 2.31. The van der Waals surface area contributed by atoms with Crippen LogP contribution in [0.1, 0.15) is 21.7 Å². The lowest BCUT2D eigenvalue weighted by molar-refractivity contribution is -0.135. The number of hydrogen-bond donors (Lipinski definition) is 1. The summed E-state index contributed by atoms with van der Waals surface area (Å²) in [6, 6.07) is 4.52. The van der Waals surface area contributed by atoms with Gasteiger partial charge in [0.15, 0.2) is 0 Å². The highest BCUT2D eigenvalue weighted by Gasteiger charge is 2.18. The van der Waals surface area contributed by atoms with E-state index in [4.69, 9.17) is 4.74 Å². The largest absolute Gasteiger partial charge is 0.378 e. The quantitative estimate of drug-likeness (QED) is 0.921. The molecule has 2 heterocycles. The number of aryl methyl sites for hydroxylation is 1. The van der Waals surface area contributed by atoms with Gasteiger partial charge in [0.1, 0.15) is 5.82 Å². The molecule has 1 saturated heterocycles. The smallest absolute Gasteiger partial charge is 0.261 e. The van der Waals surface area contributed by atoms with E-state index in [1.807, 2.05) is 6.92 Å². The molecule has 1 aromatic heterocycles. The molecule has 0 unspecified atom stereocenters. The summed E-state index contributed by atoms with van der Waals surface area (Å²) >= 11 is 1.34. The van der Waals surface area contributed by atoms with Crippen molar-refractivity contribution in [1.29, 1.82) is 0 Å². The fourth-order valence-corrected chi connectivity index (χ4v) is 3.85. The number of amides is 2. The van der Waals surface area contributed by atoms with Gasteiger partial charge in [-0.1, -0.05) is 0 Å². The topological polar surface area (TPSA) is 58.6 Å². The molecule has 0 atom stereocenters. The average molecular weight is 350 g/mol. The normalized spacial score (nSPS) is 14.8. The predicted molar refractivity (Wildman–Crippen MR) is 90.9 cm³/mol. The second-order valence-corrected chi connectivity index (χ2v) is 6.75. The summed E-state index contributed by atoms with van der Waals surface area (Å²) < 4.78 is 19.4. The van der Waals surface area contributed by atoms with E-state index in [-0.39, 0.29) is 30.6 Å². The molecule has 128 valence electrons. The van der Waals surface area contributed by atoms with E-state index in [0.29, 0.717) is 31.2 Å². The molecule has 24 heavy (non-hydrogen) atoms. The minimum absolute atomic E-state index is 0.0220. The number of benzene rings is 1. The summed E-state index contributed by atoms with van der Waals surface area (Å²) in [6.07, 6.45) is 0.268. The Morgan fingerprint density at radius 3 is 2.83 bits per heavy atom. The molecule has 2 aromatic rings. The number of carbonyl (C=O) groups excluding carboxylic acids is 2. The molecular weight excluding hydrogens is 331 g/mol. The van der Waals surface area contributed by atoms with Crippen LogP contribution in [0.25, 0.3) is 10.1 Å². The fraction of sp³-hybridized carbons (Fsp3) is 0.412. The monoisotopic (exact) mass is 350 g/mol. The summed E-state index contributed by atoms with van der Waals surface area (Å²) in [5.41, 5.74) is 0.770. The van der Waals surface area contributed by atoms with Crippen LogP contribution < -0.4 is 5.32 Å². The number of ether oxygens (including phenoxy) is 1. The van der Waals surface area contributed by atoms with Gasteiger partial charge in [-0.05, 0) is 36.1 Å². The number of carbonyl (C=O) groups is 2. The van der Waals surface area contributed by atoms with Crippen molar-refractivity contribution in [2.45, 2.75) is 13.3 Å². The van der Waals surface area contributed by atoms with Gasteiger partial charge in [0.05, 0.1) is 18.1 Å². The van der Waals surface area contributed by atoms with Gasteiger partial charge in [0, 0.05) is 30.8 Å². The van der Waals surface area contributed by atoms with Gasteiger partial charge in [0.25, 0.3) is 5.91 Å². The molecule has 0 bridgehead atoms. The van der Waals surface area contributed by atoms with E-state index in [0.717, 1.165) is 15.6 Å². The molecule has 1 aliphatic rings. The van der Waals surface area contributed by atoms with Gasteiger partial charge in [0.2, 0.25) is 5.91 Å². The zero-order valence-electron chi connectivity index (χ0n) is 13.4. The van der Waals surface area contributed by atoms with Crippen LogP contribution in [0.15, 0.2) is 18.2 Å². The third kappa shape index (κ3) is 3.57. The first-order valence-corrected chi connectivity index (χ1v) is 8.70.